The fourth-order valence-corrected chi connectivity index (χ4v) is 2.47. The lowest BCUT2D eigenvalue weighted by Gasteiger charge is -2.19. The molecule has 0 spiro atoms. The Labute approximate surface area is 146 Å². The van der Waals surface area contributed by atoms with Crippen LogP contribution in [0.4, 0.5) is 4.39 Å². The number of rotatable bonds is 8. The van der Waals surface area contributed by atoms with Crippen LogP contribution in [0.25, 0.3) is 0 Å². The van der Waals surface area contributed by atoms with E-state index in [0.717, 1.165) is 5.75 Å². The van der Waals surface area contributed by atoms with Gasteiger partial charge in [-0.15, -0.1) is 12.4 Å². The van der Waals surface area contributed by atoms with Gasteiger partial charge in [0.05, 0.1) is 26.3 Å². The number of carbonyl (C=O) groups is 1. The molecule has 23 heavy (non-hydrogen) atoms. The minimum Gasteiger partial charge on any atom is -0.493 e. The average molecular weight is 367 g/mol. The maximum Gasteiger partial charge on any atom is 0.237 e. The van der Waals surface area contributed by atoms with Crippen molar-refractivity contribution in [3.8, 4) is 11.5 Å². The topological polar surface area (TPSA) is 73.6 Å². The van der Waals surface area contributed by atoms with Crippen molar-refractivity contribution in [2.24, 2.45) is 5.73 Å². The summed E-state index contributed by atoms with van der Waals surface area (Å²) < 4.78 is 24.3. The number of hydrogen-bond acceptors (Lipinski definition) is 5. The zero-order valence-electron chi connectivity index (χ0n) is 13.7. The Morgan fingerprint density at radius 3 is 2.43 bits per heavy atom. The fraction of sp³-hybridized carbons (Fsp3) is 0.533. The maximum absolute atomic E-state index is 14.1. The molecule has 0 radical (unpaired) electrons. The summed E-state index contributed by atoms with van der Waals surface area (Å²) in [5.74, 6) is 0.748. The predicted octanol–water partition coefficient (Wildman–Crippen LogP) is 2.52. The smallest absolute Gasteiger partial charge is 0.237 e. The molecule has 0 heterocycles. The molecule has 0 aliphatic rings. The molecular weight excluding hydrogens is 343 g/mol. The number of thioether (sulfide) groups is 1. The molecule has 5 nitrogen and oxygen atoms in total. The van der Waals surface area contributed by atoms with E-state index in [1.807, 2.05) is 6.26 Å². The van der Waals surface area contributed by atoms with Gasteiger partial charge in [0.2, 0.25) is 5.91 Å². The summed E-state index contributed by atoms with van der Waals surface area (Å²) in [6.45, 7) is 1.70. The zero-order chi connectivity index (χ0) is 16.7. The summed E-state index contributed by atoms with van der Waals surface area (Å²) in [5.41, 5.74) is 6.13. The summed E-state index contributed by atoms with van der Waals surface area (Å²) in [7, 11) is 2.91. The van der Waals surface area contributed by atoms with Gasteiger partial charge in [-0.25, -0.2) is 4.39 Å². The van der Waals surface area contributed by atoms with E-state index in [2.05, 4.69) is 5.32 Å². The number of methoxy groups -OCH3 is 2. The van der Waals surface area contributed by atoms with E-state index >= 15 is 0 Å². The zero-order valence-corrected chi connectivity index (χ0v) is 15.4. The molecule has 0 saturated heterocycles. The molecule has 1 amide bonds. The van der Waals surface area contributed by atoms with E-state index in [1.54, 1.807) is 18.7 Å². The molecule has 0 aliphatic carbocycles. The number of halogens is 2. The molecule has 1 aromatic rings. The van der Waals surface area contributed by atoms with Crippen molar-refractivity contribution in [3.05, 3.63) is 23.5 Å². The third-order valence-electron chi connectivity index (χ3n) is 3.30. The number of nitrogens with two attached hydrogens (primary N) is 1. The van der Waals surface area contributed by atoms with Crippen LogP contribution in [-0.2, 0) is 4.79 Å². The highest BCUT2D eigenvalue weighted by molar-refractivity contribution is 7.98. The molecular formula is C15H24ClFN2O3S. The first-order valence-electron chi connectivity index (χ1n) is 6.90. The number of nitrogens with one attached hydrogen (secondary N) is 1. The normalized spacial score (nSPS) is 12.8. The van der Waals surface area contributed by atoms with E-state index in [1.165, 1.54) is 26.4 Å². The molecule has 0 fully saturated rings. The Balaban J connectivity index is 0.00000484. The van der Waals surface area contributed by atoms with Crippen molar-refractivity contribution in [1.82, 2.24) is 5.32 Å². The van der Waals surface area contributed by atoms with Crippen LogP contribution in [0.2, 0.25) is 0 Å². The monoisotopic (exact) mass is 366 g/mol. The number of benzene rings is 1. The van der Waals surface area contributed by atoms with Crippen LogP contribution in [0.15, 0.2) is 12.1 Å². The average Bonchev–Trinajstić information content (AvgIpc) is 2.51. The van der Waals surface area contributed by atoms with Crippen LogP contribution < -0.4 is 20.5 Å². The molecule has 0 saturated carbocycles. The SMILES string of the molecule is COc1cc(F)c(C(C)NC(=O)[C@@H](N)CCSC)cc1OC.Cl. The van der Waals surface area contributed by atoms with Crippen LogP contribution in [-0.4, -0.2) is 38.2 Å². The Bertz CT molecular complexity index is 520. The van der Waals surface area contributed by atoms with Gasteiger partial charge in [0.25, 0.3) is 0 Å². The van der Waals surface area contributed by atoms with Crippen molar-refractivity contribution in [3.63, 3.8) is 0 Å². The highest BCUT2D eigenvalue weighted by atomic mass is 35.5. The van der Waals surface area contributed by atoms with Gasteiger partial charge in [-0.2, -0.15) is 11.8 Å². The summed E-state index contributed by atoms with van der Waals surface area (Å²) >= 11 is 1.62. The minimum absolute atomic E-state index is 0. The number of ether oxygens (including phenoxy) is 2. The van der Waals surface area contributed by atoms with Crippen molar-refractivity contribution in [1.29, 1.82) is 0 Å². The molecule has 0 aliphatic heterocycles. The summed E-state index contributed by atoms with van der Waals surface area (Å²) in [6, 6.07) is 1.64. The summed E-state index contributed by atoms with van der Waals surface area (Å²) in [6.07, 6.45) is 2.53. The van der Waals surface area contributed by atoms with Gasteiger partial charge in [-0.05, 0) is 31.4 Å². The molecule has 0 bridgehead atoms. The van der Waals surface area contributed by atoms with E-state index in [9.17, 15) is 9.18 Å². The van der Waals surface area contributed by atoms with E-state index in [0.29, 0.717) is 23.5 Å². The molecule has 1 aromatic carbocycles. The Morgan fingerprint density at radius 2 is 1.91 bits per heavy atom. The molecule has 1 rings (SSSR count). The van der Waals surface area contributed by atoms with E-state index < -0.39 is 17.9 Å². The third-order valence-corrected chi connectivity index (χ3v) is 3.94. The van der Waals surface area contributed by atoms with Gasteiger partial charge < -0.3 is 20.5 Å². The lowest BCUT2D eigenvalue weighted by molar-refractivity contribution is -0.123. The number of amides is 1. The first-order valence-corrected chi connectivity index (χ1v) is 8.30. The number of hydrogen-bond donors (Lipinski definition) is 2. The maximum atomic E-state index is 14.1. The molecule has 0 aromatic heterocycles. The van der Waals surface area contributed by atoms with Gasteiger partial charge in [0.1, 0.15) is 5.82 Å². The first kappa shape index (κ1) is 21.8. The van der Waals surface area contributed by atoms with E-state index in [4.69, 9.17) is 15.2 Å². The van der Waals surface area contributed by atoms with Crippen LogP contribution >= 0.6 is 24.2 Å². The van der Waals surface area contributed by atoms with Gasteiger partial charge in [0.15, 0.2) is 11.5 Å². The molecule has 2 atom stereocenters. The van der Waals surface area contributed by atoms with Crippen molar-refractivity contribution < 1.29 is 18.7 Å². The molecule has 8 heteroatoms. The standard InChI is InChI=1S/C15H23FN2O3S.ClH/c1-9(18-15(19)12(17)5-6-22-4)10-7-13(20-2)14(21-3)8-11(10)16;/h7-9,12H,5-6,17H2,1-4H3,(H,18,19);1H/t9?,12-;/m0./s1. The first-order chi connectivity index (χ1) is 10.4. The van der Waals surface area contributed by atoms with Gasteiger partial charge in [-0.3, -0.25) is 4.79 Å². The molecule has 132 valence electrons. The molecule has 1 unspecified atom stereocenters. The van der Waals surface area contributed by atoms with Crippen molar-refractivity contribution in [2.75, 3.05) is 26.2 Å². The molecule has 3 N–H and O–H groups in total. The summed E-state index contributed by atoms with van der Waals surface area (Å²) in [5, 5.41) is 2.72. The van der Waals surface area contributed by atoms with Gasteiger partial charge in [-0.1, -0.05) is 0 Å². The minimum atomic E-state index is -0.599. The third kappa shape index (κ3) is 6.08. The highest BCUT2D eigenvalue weighted by Crippen LogP contribution is 2.32. The van der Waals surface area contributed by atoms with Gasteiger partial charge >= 0.3 is 0 Å². The Morgan fingerprint density at radius 1 is 1.35 bits per heavy atom. The van der Waals surface area contributed by atoms with Crippen LogP contribution in [0.1, 0.15) is 24.9 Å². The fourth-order valence-electron chi connectivity index (χ4n) is 1.98. The second-order valence-electron chi connectivity index (χ2n) is 4.85. The Hall–Kier alpha value is -1.18. The lowest BCUT2D eigenvalue weighted by atomic mass is 10.1. The van der Waals surface area contributed by atoms with E-state index in [-0.39, 0.29) is 18.3 Å². The summed E-state index contributed by atoms with van der Waals surface area (Å²) in [4.78, 5) is 12.0. The van der Waals surface area contributed by atoms with Crippen LogP contribution in [0.3, 0.4) is 0 Å². The predicted molar refractivity (Wildman–Crippen MR) is 94.3 cm³/mol. The van der Waals surface area contributed by atoms with Crippen LogP contribution in [0, 0.1) is 5.82 Å². The Kier molecular flexibility index (Phi) is 10.0. The van der Waals surface area contributed by atoms with Crippen LogP contribution in [0.5, 0.6) is 11.5 Å². The van der Waals surface area contributed by atoms with Crippen molar-refractivity contribution in [2.45, 2.75) is 25.4 Å². The lowest BCUT2D eigenvalue weighted by Crippen LogP contribution is -2.42. The largest absolute Gasteiger partial charge is 0.493 e. The highest BCUT2D eigenvalue weighted by Gasteiger charge is 2.20. The number of carbonyl (C=O) groups excluding carboxylic acids is 1. The second-order valence-corrected chi connectivity index (χ2v) is 5.83. The van der Waals surface area contributed by atoms with Crippen molar-refractivity contribution >= 4 is 30.1 Å². The quantitative estimate of drug-likeness (QED) is 0.739. The second kappa shape index (κ2) is 10.6. The van der Waals surface area contributed by atoms with Gasteiger partial charge in [0, 0.05) is 11.6 Å².